The maximum absolute atomic E-state index is 6.07. The zero-order valence-corrected chi connectivity index (χ0v) is 13.0. The van der Waals surface area contributed by atoms with Gasteiger partial charge in [-0.3, -0.25) is 0 Å². The molecule has 0 radical (unpaired) electrons. The normalized spacial score (nSPS) is 10.7. The molecule has 0 amide bonds. The number of hydrogen-bond donors (Lipinski definition) is 1. The molecule has 0 aliphatic heterocycles. The van der Waals surface area contributed by atoms with Gasteiger partial charge in [0.25, 0.3) is 5.89 Å². The van der Waals surface area contributed by atoms with E-state index < -0.39 is 0 Å². The minimum absolute atomic E-state index is 0.182. The highest BCUT2D eigenvalue weighted by molar-refractivity contribution is 6.30. The van der Waals surface area contributed by atoms with Crippen LogP contribution < -0.4 is 14.8 Å². The third-order valence-electron chi connectivity index (χ3n) is 2.83. The van der Waals surface area contributed by atoms with Crippen molar-refractivity contribution in [1.82, 2.24) is 15.5 Å². The minimum Gasteiger partial charge on any atom is -0.493 e. The summed E-state index contributed by atoms with van der Waals surface area (Å²) in [4.78, 5) is 0. The van der Waals surface area contributed by atoms with E-state index in [0.29, 0.717) is 41.3 Å². The van der Waals surface area contributed by atoms with Crippen molar-refractivity contribution in [2.45, 2.75) is 26.5 Å². The molecular formula is C14H18ClN3O3. The van der Waals surface area contributed by atoms with Crippen molar-refractivity contribution in [1.29, 1.82) is 0 Å². The van der Waals surface area contributed by atoms with Gasteiger partial charge in [0.15, 0.2) is 18.1 Å². The van der Waals surface area contributed by atoms with Crippen LogP contribution in [0.15, 0.2) is 16.5 Å². The van der Waals surface area contributed by atoms with Crippen molar-refractivity contribution in [2.24, 2.45) is 0 Å². The van der Waals surface area contributed by atoms with Gasteiger partial charge < -0.3 is 19.2 Å². The zero-order chi connectivity index (χ0) is 15.2. The van der Waals surface area contributed by atoms with E-state index in [-0.39, 0.29) is 6.61 Å². The summed E-state index contributed by atoms with van der Waals surface area (Å²) in [7, 11) is 3.42. The Labute approximate surface area is 128 Å². The van der Waals surface area contributed by atoms with Crippen molar-refractivity contribution in [3.63, 3.8) is 0 Å². The van der Waals surface area contributed by atoms with Gasteiger partial charge in [-0.2, -0.15) is 0 Å². The number of halogens is 1. The van der Waals surface area contributed by atoms with Crippen LogP contribution in [0.4, 0.5) is 0 Å². The largest absolute Gasteiger partial charge is 0.493 e. The van der Waals surface area contributed by atoms with Crippen LogP contribution in [0.25, 0.3) is 0 Å². The summed E-state index contributed by atoms with van der Waals surface area (Å²) in [6.07, 6.45) is 0.697. The van der Waals surface area contributed by atoms with Crippen LogP contribution in [-0.4, -0.2) is 24.4 Å². The lowest BCUT2D eigenvalue weighted by Crippen LogP contribution is -2.09. The number of nitrogens with one attached hydrogen (secondary N) is 1. The van der Waals surface area contributed by atoms with Gasteiger partial charge in [0.05, 0.1) is 7.11 Å². The molecule has 2 aromatic rings. The fourth-order valence-electron chi connectivity index (χ4n) is 1.88. The Morgan fingerprint density at radius 3 is 2.67 bits per heavy atom. The molecule has 0 aliphatic rings. The van der Waals surface area contributed by atoms with E-state index in [2.05, 4.69) is 15.5 Å². The molecule has 0 unspecified atom stereocenters. The molecule has 0 bridgehead atoms. The first-order valence-electron chi connectivity index (χ1n) is 6.63. The van der Waals surface area contributed by atoms with Gasteiger partial charge in [-0.1, -0.05) is 18.5 Å². The van der Waals surface area contributed by atoms with E-state index in [1.165, 1.54) is 0 Å². The van der Waals surface area contributed by atoms with Gasteiger partial charge in [0, 0.05) is 29.6 Å². The highest BCUT2D eigenvalue weighted by atomic mass is 35.5. The Balaban J connectivity index is 2.20. The summed E-state index contributed by atoms with van der Waals surface area (Å²) < 4.78 is 16.5. The molecular weight excluding hydrogens is 294 g/mol. The smallest absolute Gasteiger partial charge is 0.253 e. The van der Waals surface area contributed by atoms with Crippen LogP contribution >= 0.6 is 11.6 Å². The van der Waals surface area contributed by atoms with Crippen molar-refractivity contribution in [2.75, 3.05) is 14.2 Å². The molecule has 7 heteroatoms. The molecule has 2 rings (SSSR count). The summed E-state index contributed by atoms with van der Waals surface area (Å²) in [5, 5.41) is 11.5. The molecule has 0 aliphatic carbocycles. The summed E-state index contributed by atoms with van der Waals surface area (Å²) in [6, 6.07) is 3.54. The standard InChI is InChI=1S/C14H18ClN3O3/c1-4-12-17-18-13(21-12)8-20-14-9(7-16-2)5-10(15)6-11(14)19-3/h5-6,16H,4,7-8H2,1-3H3. The average molecular weight is 312 g/mol. The Morgan fingerprint density at radius 2 is 2.05 bits per heavy atom. The molecule has 1 aromatic carbocycles. The predicted molar refractivity (Wildman–Crippen MR) is 78.8 cm³/mol. The molecule has 0 saturated heterocycles. The molecule has 1 aromatic heterocycles. The second kappa shape index (κ2) is 7.28. The zero-order valence-electron chi connectivity index (χ0n) is 12.3. The maximum Gasteiger partial charge on any atom is 0.253 e. The Hall–Kier alpha value is -1.79. The highest BCUT2D eigenvalue weighted by Gasteiger charge is 2.14. The Morgan fingerprint density at radius 1 is 1.29 bits per heavy atom. The maximum atomic E-state index is 6.07. The molecule has 114 valence electrons. The summed E-state index contributed by atoms with van der Waals surface area (Å²) in [6.45, 7) is 2.74. The molecule has 0 fully saturated rings. The number of rotatable bonds is 7. The Bertz CT molecular complexity index is 601. The summed E-state index contributed by atoms with van der Waals surface area (Å²) in [5.74, 6) is 2.21. The molecule has 0 spiro atoms. The predicted octanol–water partition coefficient (Wildman–Crippen LogP) is 2.59. The van der Waals surface area contributed by atoms with Gasteiger partial charge in [-0.15, -0.1) is 10.2 Å². The van der Waals surface area contributed by atoms with Crippen LogP contribution in [0.3, 0.4) is 0 Å². The van der Waals surface area contributed by atoms with E-state index in [1.54, 1.807) is 13.2 Å². The number of benzene rings is 1. The number of aryl methyl sites for hydroxylation is 1. The molecule has 0 atom stereocenters. The monoisotopic (exact) mass is 311 g/mol. The van der Waals surface area contributed by atoms with Crippen LogP contribution in [0.5, 0.6) is 11.5 Å². The first-order valence-corrected chi connectivity index (χ1v) is 7.00. The van der Waals surface area contributed by atoms with E-state index in [0.717, 1.165) is 5.56 Å². The average Bonchev–Trinajstić information content (AvgIpc) is 2.94. The third kappa shape index (κ3) is 3.86. The van der Waals surface area contributed by atoms with Crippen LogP contribution in [0.2, 0.25) is 5.02 Å². The summed E-state index contributed by atoms with van der Waals surface area (Å²) >= 11 is 6.07. The van der Waals surface area contributed by atoms with E-state index in [4.69, 9.17) is 25.5 Å². The topological polar surface area (TPSA) is 69.4 Å². The fraction of sp³-hybridized carbons (Fsp3) is 0.429. The van der Waals surface area contributed by atoms with Crippen LogP contribution in [0, 0.1) is 0 Å². The van der Waals surface area contributed by atoms with E-state index in [1.807, 2.05) is 20.0 Å². The first kappa shape index (κ1) is 15.6. The summed E-state index contributed by atoms with van der Waals surface area (Å²) in [5.41, 5.74) is 0.900. The Kier molecular flexibility index (Phi) is 5.41. The van der Waals surface area contributed by atoms with Crippen molar-refractivity contribution in [3.8, 4) is 11.5 Å². The lowest BCUT2D eigenvalue weighted by atomic mass is 10.2. The third-order valence-corrected chi connectivity index (χ3v) is 3.05. The van der Waals surface area contributed by atoms with Gasteiger partial charge >= 0.3 is 0 Å². The van der Waals surface area contributed by atoms with Crippen molar-refractivity contribution >= 4 is 11.6 Å². The van der Waals surface area contributed by atoms with Crippen LogP contribution in [0.1, 0.15) is 24.3 Å². The van der Waals surface area contributed by atoms with E-state index in [9.17, 15) is 0 Å². The number of aromatic nitrogens is 2. The number of nitrogens with zero attached hydrogens (tertiary/aromatic N) is 2. The van der Waals surface area contributed by atoms with Gasteiger partial charge in [0.2, 0.25) is 5.89 Å². The second-order valence-electron chi connectivity index (χ2n) is 4.36. The molecule has 0 saturated carbocycles. The quantitative estimate of drug-likeness (QED) is 0.847. The van der Waals surface area contributed by atoms with Crippen molar-refractivity contribution in [3.05, 3.63) is 34.5 Å². The molecule has 6 nitrogen and oxygen atoms in total. The molecule has 1 N–H and O–H groups in total. The lowest BCUT2D eigenvalue weighted by Gasteiger charge is -2.14. The van der Waals surface area contributed by atoms with Crippen molar-refractivity contribution < 1.29 is 13.9 Å². The van der Waals surface area contributed by atoms with Crippen LogP contribution in [-0.2, 0) is 19.6 Å². The van der Waals surface area contributed by atoms with Gasteiger partial charge in [0.1, 0.15) is 0 Å². The minimum atomic E-state index is 0.182. The van der Waals surface area contributed by atoms with E-state index >= 15 is 0 Å². The van der Waals surface area contributed by atoms with Gasteiger partial charge in [-0.25, -0.2) is 0 Å². The second-order valence-corrected chi connectivity index (χ2v) is 4.79. The molecule has 21 heavy (non-hydrogen) atoms. The molecule has 1 heterocycles. The highest BCUT2D eigenvalue weighted by Crippen LogP contribution is 2.35. The first-order chi connectivity index (χ1) is 10.2. The number of ether oxygens (including phenoxy) is 2. The number of hydrogen-bond acceptors (Lipinski definition) is 6. The SMILES string of the molecule is CCc1nnc(COc2c(CNC)cc(Cl)cc2OC)o1. The fourth-order valence-corrected chi connectivity index (χ4v) is 2.11. The van der Waals surface area contributed by atoms with Gasteiger partial charge in [-0.05, 0) is 13.1 Å². The number of methoxy groups -OCH3 is 1. The lowest BCUT2D eigenvalue weighted by molar-refractivity contribution is 0.244.